The van der Waals surface area contributed by atoms with Crippen molar-refractivity contribution < 1.29 is 0 Å². The highest BCUT2D eigenvalue weighted by atomic mass is 32.1. The third-order valence-corrected chi connectivity index (χ3v) is 8.33. The predicted molar refractivity (Wildman–Crippen MR) is 62.3 cm³/mol. The Hall–Kier alpha value is 0.195. The minimum Gasteiger partial charge on any atom is -0.109 e. The molecule has 0 amide bonds. The molecule has 0 N–H and O–H groups in total. The lowest BCUT2D eigenvalue weighted by Crippen LogP contribution is -2.26. The van der Waals surface area contributed by atoms with E-state index in [-0.39, 0.29) is 5.16 Å². The fraction of sp³-hybridized carbons (Fsp3) is 0.556. The van der Waals surface area contributed by atoms with Crippen LogP contribution in [0.2, 0.25) is 0 Å². The van der Waals surface area contributed by atoms with Crippen molar-refractivity contribution >= 4 is 30.7 Å². The van der Waals surface area contributed by atoms with Gasteiger partial charge in [-0.1, -0.05) is 0 Å². The predicted octanol–water partition coefficient (Wildman–Crippen LogP) is 2.90. The summed E-state index contributed by atoms with van der Waals surface area (Å²) in [5, 5.41) is 2.32. The van der Waals surface area contributed by atoms with Gasteiger partial charge in [0.25, 0.3) is 0 Å². The molecular formula is C9H15BPS+. The molecule has 0 bridgehead atoms. The van der Waals surface area contributed by atoms with Crippen LogP contribution in [0.15, 0.2) is 17.5 Å². The summed E-state index contributed by atoms with van der Waals surface area (Å²) in [6.45, 7) is 8.88. The zero-order chi connectivity index (χ0) is 9.41. The second-order valence-electron chi connectivity index (χ2n) is 4.20. The van der Waals surface area contributed by atoms with E-state index in [0.717, 1.165) is 0 Å². The third-order valence-electron chi connectivity index (χ3n) is 2.36. The lowest BCUT2D eigenvalue weighted by Gasteiger charge is -2.31. The van der Waals surface area contributed by atoms with Crippen molar-refractivity contribution in [2.45, 2.75) is 25.9 Å². The summed E-state index contributed by atoms with van der Waals surface area (Å²) in [7, 11) is 4.97. The van der Waals surface area contributed by atoms with E-state index in [1.807, 2.05) is 0 Å². The van der Waals surface area contributed by atoms with Gasteiger partial charge in [-0.05, 0) is 38.3 Å². The van der Waals surface area contributed by atoms with Gasteiger partial charge in [0.2, 0.25) is 0 Å². The molecule has 1 unspecified atom stereocenters. The first kappa shape index (κ1) is 10.3. The van der Waals surface area contributed by atoms with Crippen LogP contribution in [0.25, 0.3) is 0 Å². The van der Waals surface area contributed by atoms with E-state index in [2.05, 4.69) is 44.9 Å². The Morgan fingerprint density at radius 3 is 2.33 bits per heavy atom. The molecule has 0 aliphatic heterocycles. The zero-order valence-corrected chi connectivity index (χ0v) is 9.88. The fourth-order valence-electron chi connectivity index (χ4n) is 0.865. The summed E-state index contributed by atoms with van der Waals surface area (Å²) >= 11 is 1.78. The highest BCUT2D eigenvalue weighted by Crippen LogP contribution is 2.61. The Morgan fingerprint density at radius 1 is 1.42 bits per heavy atom. The maximum atomic E-state index is 6.38. The SMILES string of the molecule is [B][P+](C)(c1cccs1)C(C)(C)C. The molecule has 64 valence electrons. The quantitative estimate of drug-likeness (QED) is 0.479. The van der Waals surface area contributed by atoms with Crippen molar-refractivity contribution in [2.24, 2.45) is 0 Å². The van der Waals surface area contributed by atoms with Gasteiger partial charge >= 0.3 is 7.57 Å². The van der Waals surface area contributed by atoms with Crippen LogP contribution >= 0.6 is 18.5 Å². The Bertz CT molecular complexity index is 246. The Labute approximate surface area is 81.1 Å². The summed E-state index contributed by atoms with van der Waals surface area (Å²) < 4.78 is 1.37. The molecule has 12 heavy (non-hydrogen) atoms. The molecule has 0 spiro atoms. The second-order valence-corrected chi connectivity index (χ2v) is 9.42. The van der Waals surface area contributed by atoms with Gasteiger partial charge in [-0.25, -0.2) is 0 Å². The van der Waals surface area contributed by atoms with Crippen LogP contribution in [0.1, 0.15) is 20.8 Å². The summed E-state index contributed by atoms with van der Waals surface area (Å²) in [6, 6.07) is 4.24. The van der Waals surface area contributed by atoms with E-state index in [4.69, 9.17) is 7.57 Å². The van der Waals surface area contributed by atoms with Gasteiger partial charge in [0.15, 0.2) is 0 Å². The molecule has 0 fully saturated rings. The molecule has 3 heteroatoms. The second kappa shape index (κ2) is 3.16. The van der Waals surface area contributed by atoms with Gasteiger partial charge < -0.3 is 0 Å². The first-order valence-corrected chi connectivity index (χ1v) is 7.23. The smallest absolute Gasteiger partial charge is 0.109 e. The summed E-state index contributed by atoms with van der Waals surface area (Å²) in [4.78, 5) is 0. The molecular weight excluding hydrogens is 182 g/mol. The van der Waals surface area contributed by atoms with Crippen LogP contribution in [-0.2, 0) is 0 Å². The van der Waals surface area contributed by atoms with Crippen LogP contribution in [0.5, 0.6) is 0 Å². The average molecular weight is 197 g/mol. The molecule has 1 atom stereocenters. The molecule has 1 rings (SSSR count). The largest absolute Gasteiger partial charge is 0.372 e. The molecule has 1 aromatic rings. The number of hydrogen-bond donors (Lipinski definition) is 0. The van der Waals surface area contributed by atoms with Gasteiger partial charge in [0.05, 0.1) is 5.16 Å². The summed E-state index contributed by atoms with van der Waals surface area (Å²) in [5.41, 5.74) is 0. The molecule has 2 radical (unpaired) electrons. The molecule has 1 heterocycles. The van der Waals surface area contributed by atoms with E-state index in [0.29, 0.717) is 0 Å². The zero-order valence-electron chi connectivity index (χ0n) is 8.16. The highest BCUT2D eigenvalue weighted by molar-refractivity contribution is 8.06. The van der Waals surface area contributed by atoms with E-state index in [1.165, 1.54) is 4.62 Å². The van der Waals surface area contributed by atoms with Crippen LogP contribution in [0.3, 0.4) is 0 Å². The van der Waals surface area contributed by atoms with Gasteiger partial charge in [-0.2, -0.15) is 0 Å². The normalized spacial score (nSPS) is 17.3. The van der Waals surface area contributed by atoms with Gasteiger partial charge in [0, 0.05) is 13.8 Å². The summed E-state index contributed by atoms with van der Waals surface area (Å²) in [6.07, 6.45) is 0. The van der Waals surface area contributed by atoms with Crippen LogP contribution in [0.4, 0.5) is 0 Å². The fourth-order valence-corrected chi connectivity index (χ4v) is 4.26. The molecule has 0 nitrogen and oxygen atoms in total. The topological polar surface area (TPSA) is 0 Å². The van der Waals surface area contributed by atoms with Crippen LogP contribution in [0, 0.1) is 0 Å². The lowest BCUT2D eigenvalue weighted by molar-refractivity contribution is 0.788. The Kier molecular flexibility index (Phi) is 2.70. The standard InChI is InChI=1S/C9H15BPS/c1-9(2,3)11(4,10)8-6-5-7-12-8/h5-7H,1-4H3/q+1. The maximum absolute atomic E-state index is 6.38. The van der Waals surface area contributed by atoms with E-state index in [1.54, 1.807) is 11.3 Å². The third kappa shape index (κ3) is 1.75. The van der Waals surface area contributed by atoms with Crippen LogP contribution in [-0.4, -0.2) is 19.4 Å². The van der Waals surface area contributed by atoms with Gasteiger partial charge in [-0.15, -0.1) is 11.3 Å². The monoisotopic (exact) mass is 197 g/mol. The summed E-state index contributed by atoms with van der Waals surface area (Å²) in [5.74, 6) is 0. The van der Waals surface area contributed by atoms with Crippen LogP contribution < -0.4 is 4.62 Å². The molecule has 1 aromatic heterocycles. The molecule has 0 aromatic carbocycles. The van der Waals surface area contributed by atoms with Crippen molar-refractivity contribution in [3.63, 3.8) is 0 Å². The maximum Gasteiger partial charge on any atom is 0.372 e. The Balaban J connectivity index is 3.02. The minimum atomic E-state index is -1.41. The first-order valence-electron chi connectivity index (χ1n) is 4.05. The van der Waals surface area contributed by atoms with E-state index >= 15 is 0 Å². The van der Waals surface area contributed by atoms with Crippen molar-refractivity contribution in [1.29, 1.82) is 0 Å². The van der Waals surface area contributed by atoms with Crippen molar-refractivity contribution in [3.8, 4) is 0 Å². The number of thiophene rings is 1. The van der Waals surface area contributed by atoms with E-state index < -0.39 is 7.14 Å². The van der Waals surface area contributed by atoms with Crippen molar-refractivity contribution in [3.05, 3.63) is 17.5 Å². The average Bonchev–Trinajstić information content (AvgIpc) is 2.34. The molecule has 0 aliphatic carbocycles. The molecule has 0 saturated carbocycles. The van der Waals surface area contributed by atoms with Crippen molar-refractivity contribution in [2.75, 3.05) is 6.66 Å². The number of hydrogen-bond acceptors (Lipinski definition) is 1. The minimum absolute atomic E-state index is 0.220. The van der Waals surface area contributed by atoms with E-state index in [9.17, 15) is 0 Å². The first-order chi connectivity index (χ1) is 5.36. The van der Waals surface area contributed by atoms with Gasteiger partial charge in [0.1, 0.15) is 4.62 Å². The van der Waals surface area contributed by atoms with Crippen molar-refractivity contribution in [1.82, 2.24) is 0 Å². The highest BCUT2D eigenvalue weighted by Gasteiger charge is 2.42. The lowest BCUT2D eigenvalue weighted by atomic mass is 10.3. The molecule has 0 saturated heterocycles. The Morgan fingerprint density at radius 2 is 2.00 bits per heavy atom. The molecule has 0 aliphatic rings. The number of rotatable bonds is 1. The van der Waals surface area contributed by atoms with Gasteiger partial charge in [-0.3, -0.25) is 0 Å².